The number of allylic oxidation sites excluding steroid dienone is 2. The Bertz CT molecular complexity index is 1290. The predicted molar refractivity (Wildman–Crippen MR) is 188 cm³/mol. The van der Waals surface area contributed by atoms with Crippen LogP contribution in [0.25, 0.3) is 0 Å². The number of esters is 1. The van der Waals surface area contributed by atoms with E-state index in [-0.39, 0.29) is 23.6 Å². The van der Waals surface area contributed by atoms with Gasteiger partial charge in [-0.1, -0.05) is 103 Å². The number of ether oxygens (including phenoxy) is 2. The van der Waals surface area contributed by atoms with Gasteiger partial charge in [0.05, 0.1) is 18.8 Å². The summed E-state index contributed by atoms with van der Waals surface area (Å²) in [7, 11) is 1.40. The first-order valence-corrected chi connectivity index (χ1v) is 17.6. The van der Waals surface area contributed by atoms with Gasteiger partial charge in [-0.3, -0.25) is 10.1 Å². The van der Waals surface area contributed by atoms with E-state index in [0.717, 1.165) is 61.8 Å². The highest BCUT2D eigenvalue weighted by Gasteiger charge is 2.56. The Hall–Kier alpha value is -3.38. The third-order valence-corrected chi connectivity index (χ3v) is 9.11. The fourth-order valence-electron chi connectivity index (χ4n) is 6.48. The maximum atomic E-state index is 14.5. The largest absolute Gasteiger partial charge is 0.489 e. The fourth-order valence-corrected chi connectivity index (χ4v) is 6.48. The van der Waals surface area contributed by atoms with E-state index in [4.69, 9.17) is 9.47 Å². The minimum Gasteiger partial charge on any atom is -0.489 e. The second kappa shape index (κ2) is 18.1. The van der Waals surface area contributed by atoms with E-state index in [1.54, 1.807) is 6.92 Å². The van der Waals surface area contributed by atoms with Gasteiger partial charge in [-0.05, 0) is 92.5 Å². The van der Waals surface area contributed by atoms with Crippen molar-refractivity contribution in [1.82, 2.24) is 10.2 Å². The van der Waals surface area contributed by atoms with Gasteiger partial charge < -0.3 is 14.4 Å². The molecule has 46 heavy (non-hydrogen) atoms. The van der Waals surface area contributed by atoms with Gasteiger partial charge in [0, 0.05) is 5.57 Å². The van der Waals surface area contributed by atoms with E-state index in [9.17, 15) is 9.59 Å². The zero-order valence-electron chi connectivity index (χ0n) is 29.6. The number of benzene rings is 2. The third kappa shape index (κ3) is 9.34. The molecule has 3 fully saturated rings. The topological polar surface area (TPSA) is 67.9 Å². The van der Waals surface area contributed by atoms with Gasteiger partial charge in [0.15, 0.2) is 0 Å². The molecule has 1 amide bonds. The molecule has 2 unspecified atom stereocenters. The van der Waals surface area contributed by atoms with Crippen LogP contribution in [0.3, 0.4) is 0 Å². The van der Waals surface area contributed by atoms with Crippen molar-refractivity contribution in [2.45, 2.75) is 124 Å². The summed E-state index contributed by atoms with van der Waals surface area (Å²) >= 11 is 0. The number of nitrogens with one attached hydrogen (secondary N) is 1. The lowest BCUT2D eigenvalue weighted by Gasteiger charge is -2.47. The maximum absolute atomic E-state index is 14.5. The lowest BCUT2D eigenvalue weighted by atomic mass is 9.80. The molecule has 252 valence electrons. The van der Waals surface area contributed by atoms with Crippen molar-refractivity contribution in [3.63, 3.8) is 0 Å². The number of methoxy groups -OCH3 is 1. The normalized spacial score (nSPS) is 23.6. The van der Waals surface area contributed by atoms with Gasteiger partial charge >= 0.3 is 5.97 Å². The summed E-state index contributed by atoms with van der Waals surface area (Å²) in [4.78, 5) is 28.7. The minimum absolute atomic E-state index is 0.0218. The Balaban J connectivity index is 0.00000109. The van der Waals surface area contributed by atoms with E-state index in [2.05, 4.69) is 56.1 Å². The van der Waals surface area contributed by atoms with Gasteiger partial charge in [0.1, 0.15) is 18.4 Å². The molecule has 6 heteroatoms. The Morgan fingerprint density at radius 2 is 1.59 bits per heavy atom. The first-order valence-electron chi connectivity index (χ1n) is 17.6. The number of amides is 1. The molecule has 0 aromatic heterocycles. The number of hydrogen-bond donors (Lipinski definition) is 1. The molecule has 3 aliphatic rings. The van der Waals surface area contributed by atoms with Gasteiger partial charge in [-0.2, -0.15) is 0 Å². The minimum atomic E-state index is -0.390. The molecule has 5 rings (SSSR count). The molecule has 1 N–H and O–H groups in total. The van der Waals surface area contributed by atoms with Gasteiger partial charge in [0.25, 0.3) is 0 Å². The highest BCUT2D eigenvalue weighted by Crippen LogP contribution is 2.49. The average Bonchev–Trinajstić information content (AvgIpc) is 3.90. The number of rotatable bonds is 10. The summed E-state index contributed by atoms with van der Waals surface area (Å²) < 4.78 is 10.9. The van der Waals surface area contributed by atoms with Crippen molar-refractivity contribution in [2.75, 3.05) is 7.11 Å². The van der Waals surface area contributed by atoms with Crippen LogP contribution in [0.15, 0.2) is 77.9 Å². The van der Waals surface area contributed by atoms with Gasteiger partial charge in [-0.25, -0.2) is 4.79 Å². The molecule has 2 atom stereocenters. The monoisotopic (exact) mass is 630 g/mol. The number of hydrogen-bond acceptors (Lipinski definition) is 5. The third-order valence-electron chi connectivity index (χ3n) is 9.11. The van der Waals surface area contributed by atoms with E-state index >= 15 is 0 Å². The van der Waals surface area contributed by atoms with Crippen LogP contribution >= 0.6 is 0 Å². The summed E-state index contributed by atoms with van der Waals surface area (Å²) in [5.41, 5.74) is 3.50. The Kier molecular flexibility index (Phi) is 14.6. The van der Waals surface area contributed by atoms with Crippen LogP contribution in [0.2, 0.25) is 0 Å². The first kappa shape index (κ1) is 37.1. The number of carbonyl (C=O) groups excluding carboxylic acids is 2. The van der Waals surface area contributed by atoms with Crippen LogP contribution in [0.5, 0.6) is 5.75 Å². The Morgan fingerprint density at radius 1 is 0.978 bits per heavy atom. The SMILES string of the molecule is CC.CC/C(=C\C=C(/C)C(=O)OC)C(C1CC1)N1C(=O)C(c2ccc(OCc3ccccc3)cc2)NC12CCC(C)CC2.CCC. The molecule has 1 heterocycles. The van der Waals surface area contributed by atoms with Crippen molar-refractivity contribution in [3.05, 3.63) is 89.0 Å². The zero-order valence-corrected chi connectivity index (χ0v) is 29.6. The number of nitrogens with zero attached hydrogens (tertiary/aromatic N) is 1. The van der Waals surface area contributed by atoms with E-state index in [1.165, 1.54) is 19.1 Å². The fraction of sp³-hybridized carbons (Fsp3) is 0.550. The quantitative estimate of drug-likeness (QED) is 0.161. The van der Waals surface area contributed by atoms with Crippen LogP contribution in [-0.4, -0.2) is 35.6 Å². The summed E-state index contributed by atoms with van der Waals surface area (Å²) in [5.74, 6) is 1.73. The van der Waals surface area contributed by atoms with Crippen molar-refractivity contribution >= 4 is 11.9 Å². The molecule has 2 aliphatic carbocycles. The molecule has 1 aliphatic heterocycles. The first-order chi connectivity index (χ1) is 22.3. The van der Waals surface area contributed by atoms with Crippen molar-refractivity contribution in [1.29, 1.82) is 0 Å². The summed E-state index contributed by atoms with van der Waals surface area (Å²) in [6.07, 6.45) is 12.3. The zero-order chi connectivity index (χ0) is 33.7. The summed E-state index contributed by atoms with van der Waals surface area (Å²) in [5, 5.41) is 3.87. The molecule has 6 nitrogen and oxygen atoms in total. The molecule has 2 aromatic carbocycles. The molecular formula is C40H58N2O4. The Morgan fingerprint density at radius 3 is 2.13 bits per heavy atom. The highest BCUT2D eigenvalue weighted by atomic mass is 16.5. The molecular weight excluding hydrogens is 572 g/mol. The highest BCUT2D eigenvalue weighted by molar-refractivity contribution is 5.88. The molecule has 0 bridgehead atoms. The molecule has 1 spiro atoms. The number of carbonyl (C=O) groups is 2. The maximum Gasteiger partial charge on any atom is 0.333 e. The average molecular weight is 631 g/mol. The summed E-state index contributed by atoms with van der Waals surface area (Å²) in [6.45, 7) is 15.0. The summed E-state index contributed by atoms with van der Waals surface area (Å²) in [6, 6.07) is 17.8. The van der Waals surface area contributed by atoms with Crippen LogP contribution in [0, 0.1) is 11.8 Å². The van der Waals surface area contributed by atoms with E-state index < -0.39 is 6.04 Å². The van der Waals surface area contributed by atoms with E-state index in [1.807, 2.05) is 62.4 Å². The lowest BCUT2D eigenvalue weighted by molar-refractivity contribution is -0.137. The van der Waals surface area contributed by atoms with Crippen molar-refractivity contribution in [2.24, 2.45) is 11.8 Å². The standard InChI is InChI=1S/C35H44N2O4.C3H8.C2H6/c1-5-27(12-11-25(3)34(39)40-4)32(29-13-14-29)37-33(38)31(36-35(37)21-19-24(2)20-22-35)28-15-17-30(18-16-28)41-23-26-9-7-6-8-10-26;1-3-2;1-2/h6-12,15-18,24,29,31-32,36H,5,13-14,19-23H2,1-4H3;3H2,1-2H3;1-2H3/b25-11+,27-12+;;. The molecule has 0 radical (unpaired) electrons. The molecule has 2 saturated carbocycles. The van der Waals surface area contributed by atoms with Gasteiger partial charge in [0.2, 0.25) is 5.91 Å². The van der Waals surface area contributed by atoms with E-state index in [0.29, 0.717) is 24.0 Å². The smallest absolute Gasteiger partial charge is 0.333 e. The molecule has 2 aromatic rings. The second-order valence-electron chi connectivity index (χ2n) is 12.8. The Labute approximate surface area is 278 Å². The van der Waals surface area contributed by atoms with Crippen LogP contribution in [-0.2, 0) is 20.9 Å². The van der Waals surface area contributed by atoms with Gasteiger partial charge in [-0.15, -0.1) is 0 Å². The van der Waals surface area contributed by atoms with Crippen LogP contribution < -0.4 is 10.1 Å². The van der Waals surface area contributed by atoms with Crippen molar-refractivity contribution < 1.29 is 19.1 Å². The predicted octanol–water partition coefficient (Wildman–Crippen LogP) is 9.32. The van der Waals surface area contributed by atoms with Crippen molar-refractivity contribution in [3.8, 4) is 5.75 Å². The second-order valence-corrected chi connectivity index (χ2v) is 12.8. The van der Waals surface area contributed by atoms with Crippen LogP contribution in [0.4, 0.5) is 0 Å². The van der Waals surface area contributed by atoms with Crippen LogP contribution in [0.1, 0.15) is 117 Å². The molecule has 1 saturated heterocycles. The lowest BCUT2D eigenvalue weighted by Crippen LogP contribution is -2.58.